The smallest absolute Gasteiger partial charge is 0.306 e. The van der Waals surface area contributed by atoms with Gasteiger partial charge >= 0.3 is 17.9 Å². The normalized spacial score (nSPS) is 12.9. The molecule has 1 atom stereocenters. The van der Waals surface area contributed by atoms with E-state index in [2.05, 4.69) is 130 Å². The van der Waals surface area contributed by atoms with Crippen molar-refractivity contribution in [2.75, 3.05) is 13.2 Å². The molecule has 0 fully saturated rings. The predicted molar refractivity (Wildman–Crippen MR) is 307 cm³/mol. The number of hydrogen-bond acceptors (Lipinski definition) is 6. The monoisotopic (exact) mass is 985 g/mol. The summed E-state index contributed by atoms with van der Waals surface area (Å²) in [5.41, 5.74) is 0. The summed E-state index contributed by atoms with van der Waals surface area (Å²) in [6, 6.07) is 0. The number of ether oxygens (including phenoxy) is 3. The van der Waals surface area contributed by atoms with Crippen molar-refractivity contribution in [2.45, 2.75) is 271 Å². The zero-order valence-electron chi connectivity index (χ0n) is 46.2. The van der Waals surface area contributed by atoms with Crippen LogP contribution in [0.15, 0.2) is 109 Å². The number of rotatable bonds is 52. The van der Waals surface area contributed by atoms with Crippen LogP contribution in [-0.2, 0) is 28.6 Å². The first-order chi connectivity index (χ1) is 35.0. The third-order valence-electron chi connectivity index (χ3n) is 12.2. The van der Waals surface area contributed by atoms with Gasteiger partial charge < -0.3 is 14.2 Å². The van der Waals surface area contributed by atoms with E-state index in [9.17, 15) is 14.4 Å². The Labute approximate surface area is 438 Å². The third kappa shape index (κ3) is 56.9. The van der Waals surface area contributed by atoms with Crippen molar-refractivity contribution in [1.82, 2.24) is 0 Å². The average molecular weight is 986 g/mol. The summed E-state index contributed by atoms with van der Waals surface area (Å²) in [5, 5.41) is 0. The van der Waals surface area contributed by atoms with E-state index in [0.717, 1.165) is 141 Å². The Bertz CT molecular complexity index is 1460. The molecule has 71 heavy (non-hydrogen) atoms. The minimum atomic E-state index is -0.797. The summed E-state index contributed by atoms with van der Waals surface area (Å²) < 4.78 is 16.9. The molecule has 0 rings (SSSR count). The highest BCUT2D eigenvalue weighted by molar-refractivity contribution is 5.71. The van der Waals surface area contributed by atoms with Crippen LogP contribution in [-0.4, -0.2) is 37.2 Å². The Balaban J connectivity index is 4.44. The van der Waals surface area contributed by atoms with Crippen LogP contribution >= 0.6 is 0 Å². The van der Waals surface area contributed by atoms with E-state index in [1.54, 1.807) is 0 Å². The molecule has 0 saturated heterocycles. The number of allylic oxidation sites excluding steroid dienone is 18. The van der Waals surface area contributed by atoms with E-state index >= 15 is 0 Å². The molecule has 0 saturated carbocycles. The Morgan fingerprint density at radius 3 is 0.859 bits per heavy atom. The summed E-state index contributed by atoms with van der Waals surface area (Å²) in [6.07, 6.45) is 79.3. The van der Waals surface area contributed by atoms with Crippen LogP contribution in [0, 0.1) is 0 Å². The van der Waals surface area contributed by atoms with Crippen molar-refractivity contribution in [3.63, 3.8) is 0 Å². The van der Waals surface area contributed by atoms with E-state index < -0.39 is 6.10 Å². The fourth-order valence-electron chi connectivity index (χ4n) is 7.89. The second-order valence-corrected chi connectivity index (χ2v) is 19.1. The quantitative estimate of drug-likeness (QED) is 0.0261. The molecule has 0 amide bonds. The number of esters is 3. The van der Waals surface area contributed by atoms with Gasteiger partial charge in [0.1, 0.15) is 13.2 Å². The molecule has 0 aromatic heterocycles. The molecule has 0 aliphatic carbocycles. The minimum Gasteiger partial charge on any atom is -0.462 e. The lowest BCUT2D eigenvalue weighted by molar-refractivity contribution is -0.167. The van der Waals surface area contributed by atoms with Gasteiger partial charge in [-0.1, -0.05) is 233 Å². The molecule has 0 aromatic rings. The number of carbonyl (C=O) groups excluding carboxylic acids is 3. The summed E-state index contributed by atoms with van der Waals surface area (Å²) >= 11 is 0. The molecule has 1 unspecified atom stereocenters. The molecule has 0 radical (unpaired) electrons. The van der Waals surface area contributed by atoms with Crippen LogP contribution in [0.3, 0.4) is 0 Å². The zero-order valence-corrected chi connectivity index (χ0v) is 46.2. The maximum absolute atomic E-state index is 12.9. The van der Waals surface area contributed by atoms with Gasteiger partial charge in [0, 0.05) is 19.3 Å². The van der Waals surface area contributed by atoms with Crippen molar-refractivity contribution in [3.8, 4) is 0 Å². The predicted octanol–water partition coefficient (Wildman–Crippen LogP) is 19.9. The topological polar surface area (TPSA) is 78.9 Å². The van der Waals surface area contributed by atoms with Gasteiger partial charge in [0.25, 0.3) is 0 Å². The van der Waals surface area contributed by atoms with Crippen LogP contribution in [0.4, 0.5) is 0 Å². The van der Waals surface area contributed by atoms with Crippen molar-refractivity contribution in [1.29, 1.82) is 0 Å². The van der Waals surface area contributed by atoms with Gasteiger partial charge in [-0.15, -0.1) is 0 Å². The molecule has 0 spiro atoms. The minimum absolute atomic E-state index is 0.0942. The lowest BCUT2D eigenvalue weighted by atomic mass is 10.1. The summed E-state index contributed by atoms with van der Waals surface area (Å²) in [4.78, 5) is 38.2. The van der Waals surface area contributed by atoms with Crippen molar-refractivity contribution in [2.24, 2.45) is 0 Å². The molecule has 6 nitrogen and oxygen atoms in total. The molecular formula is C65H108O6. The van der Waals surface area contributed by atoms with Gasteiger partial charge in [-0.2, -0.15) is 0 Å². The fourth-order valence-corrected chi connectivity index (χ4v) is 7.89. The number of hydrogen-bond donors (Lipinski definition) is 0. The van der Waals surface area contributed by atoms with Gasteiger partial charge in [-0.3, -0.25) is 14.4 Å². The van der Waals surface area contributed by atoms with E-state index in [4.69, 9.17) is 14.2 Å². The standard InChI is InChI=1S/C65H108O6/c1-4-7-10-13-16-19-22-25-28-30-32-34-37-40-43-46-49-52-55-58-64(67)70-61-62(60-69-63(66)57-54-51-48-45-42-39-36-27-24-21-18-15-12-9-6-3)71-65(68)59-56-53-50-47-44-41-38-35-33-31-29-26-23-20-17-14-11-8-5-2/h7,9-10,12,16-21,25-29,32,34,36,62H,4-6,8,11,13-15,22-24,30-31,33,35,37-61H2,1-3H3/b10-7-,12-9-,19-16-,20-17-,21-18-,28-25-,29-26-,34-32-,36-27-. The summed E-state index contributed by atoms with van der Waals surface area (Å²) in [5.74, 6) is -0.926. The maximum atomic E-state index is 12.9. The average Bonchev–Trinajstić information content (AvgIpc) is 3.37. The molecule has 404 valence electrons. The first-order valence-corrected chi connectivity index (χ1v) is 29.4. The first-order valence-electron chi connectivity index (χ1n) is 29.4. The molecule has 0 aliphatic rings. The highest BCUT2D eigenvalue weighted by atomic mass is 16.6. The van der Waals surface area contributed by atoms with Gasteiger partial charge in [-0.25, -0.2) is 0 Å². The zero-order chi connectivity index (χ0) is 51.4. The lowest BCUT2D eigenvalue weighted by Gasteiger charge is -2.18. The van der Waals surface area contributed by atoms with Gasteiger partial charge in [0.05, 0.1) is 0 Å². The Hall–Kier alpha value is -3.93. The second kappa shape index (κ2) is 58.6. The molecule has 0 heterocycles. The van der Waals surface area contributed by atoms with E-state index in [0.29, 0.717) is 19.3 Å². The number of carbonyl (C=O) groups is 3. The number of unbranched alkanes of at least 4 members (excludes halogenated alkanes) is 23. The van der Waals surface area contributed by atoms with Crippen molar-refractivity contribution < 1.29 is 28.6 Å². The molecule has 0 aliphatic heterocycles. The third-order valence-corrected chi connectivity index (χ3v) is 12.2. The summed E-state index contributed by atoms with van der Waals surface area (Å²) in [7, 11) is 0. The molecule has 0 bridgehead atoms. The molecule has 6 heteroatoms. The second-order valence-electron chi connectivity index (χ2n) is 19.1. The maximum Gasteiger partial charge on any atom is 0.306 e. The van der Waals surface area contributed by atoms with Crippen molar-refractivity contribution >= 4 is 17.9 Å². The Morgan fingerprint density at radius 1 is 0.296 bits per heavy atom. The SMILES string of the molecule is CC/C=C\C/C=C\C/C=C\C/C=C\CCCCCCCCC(=O)OCC(COC(=O)CCCCCCC/C=C\C/C=C\C/C=C\CC)OC(=O)CCCCCCCCCCC/C=C\C/C=C\CCCCC. The summed E-state index contributed by atoms with van der Waals surface area (Å²) in [6.45, 7) is 6.37. The van der Waals surface area contributed by atoms with E-state index in [-0.39, 0.29) is 31.1 Å². The van der Waals surface area contributed by atoms with Crippen LogP contribution in [0.1, 0.15) is 265 Å². The highest BCUT2D eigenvalue weighted by Gasteiger charge is 2.19. The van der Waals surface area contributed by atoms with E-state index in [1.165, 1.54) is 83.5 Å². The molecular weight excluding hydrogens is 877 g/mol. The Morgan fingerprint density at radius 2 is 0.549 bits per heavy atom. The van der Waals surface area contributed by atoms with Crippen molar-refractivity contribution in [3.05, 3.63) is 109 Å². The Kier molecular flexibility index (Phi) is 55.4. The first kappa shape index (κ1) is 67.1. The van der Waals surface area contributed by atoms with Crippen LogP contribution in [0.5, 0.6) is 0 Å². The molecule has 0 N–H and O–H groups in total. The largest absolute Gasteiger partial charge is 0.462 e. The fraction of sp³-hybridized carbons (Fsp3) is 0.677. The van der Waals surface area contributed by atoms with Crippen LogP contribution < -0.4 is 0 Å². The van der Waals surface area contributed by atoms with Crippen LogP contribution in [0.2, 0.25) is 0 Å². The van der Waals surface area contributed by atoms with Gasteiger partial charge in [-0.05, 0) is 122 Å². The highest BCUT2D eigenvalue weighted by Crippen LogP contribution is 2.15. The lowest BCUT2D eigenvalue weighted by Crippen LogP contribution is -2.30. The molecule has 0 aromatic carbocycles. The van der Waals surface area contributed by atoms with E-state index in [1.807, 2.05) is 0 Å². The van der Waals surface area contributed by atoms with Gasteiger partial charge in [0.15, 0.2) is 6.10 Å². The van der Waals surface area contributed by atoms with Gasteiger partial charge in [0.2, 0.25) is 0 Å². The van der Waals surface area contributed by atoms with Crippen LogP contribution in [0.25, 0.3) is 0 Å².